The van der Waals surface area contributed by atoms with Crippen LogP contribution in [-0.2, 0) is 12.0 Å². The number of hydrogen-bond acceptors (Lipinski definition) is 5. The third-order valence-corrected chi connectivity index (χ3v) is 4.64. The molecule has 2 aromatic heterocycles. The molecule has 19 heavy (non-hydrogen) atoms. The average Bonchev–Trinajstić information content (AvgIpc) is 3.06. The van der Waals surface area contributed by atoms with Gasteiger partial charge in [0, 0.05) is 0 Å². The van der Waals surface area contributed by atoms with Crippen LogP contribution in [0.3, 0.4) is 0 Å². The Bertz CT molecular complexity index is 547. The molecule has 0 saturated carbocycles. The number of rotatable bonds is 5. The Morgan fingerprint density at radius 2 is 2.37 bits per heavy atom. The normalized spacial score (nSPS) is 14.1. The third-order valence-electron chi connectivity index (χ3n) is 2.82. The lowest BCUT2D eigenvalue weighted by Crippen LogP contribution is -2.38. The summed E-state index contributed by atoms with van der Waals surface area (Å²) in [5.41, 5.74) is -0.232. The van der Waals surface area contributed by atoms with E-state index < -0.39 is 5.60 Å². The van der Waals surface area contributed by atoms with E-state index in [-0.39, 0.29) is 12.5 Å². The monoisotopic (exact) mass is 296 g/mol. The van der Waals surface area contributed by atoms with Crippen molar-refractivity contribution >= 4 is 28.6 Å². The number of carbonyl (C=O) groups excluding carboxylic acids is 1. The van der Waals surface area contributed by atoms with Gasteiger partial charge in [0.1, 0.15) is 10.5 Å². The summed E-state index contributed by atoms with van der Waals surface area (Å²) >= 11 is 2.91. The van der Waals surface area contributed by atoms with Crippen molar-refractivity contribution in [1.29, 1.82) is 0 Å². The number of amides is 1. The molecule has 2 heterocycles. The average molecular weight is 296 g/mol. The van der Waals surface area contributed by atoms with E-state index in [1.807, 2.05) is 23.8 Å². The van der Waals surface area contributed by atoms with Gasteiger partial charge in [-0.15, -0.1) is 11.3 Å². The van der Waals surface area contributed by atoms with Crippen molar-refractivity contribution in [3.63, 3.8) is 0 Å². The van der Waals surface area contributed by atoms with Crippen LogP contribution in [0.5, 0.6) is 0 Å². The van der Waals surface area contributed by atoms with Crippen molar-refractivity contribution in [3.05, 3.63) is 38.5 Å². The number of nitrogens with one attached hydrogen (secondary N) is 1. The molecule has 0 aliphatic heterocycles. The number of thiazole rings is 1. The van der Waals surface area contributed by atoms with Crippen molar-refractivity contribution < 1.29 is 9.90 Å². The standard InChI is InChI=1S/C13H16N2O2S2/c1-3-11-14-6-10(19-11)12(16)15-8-13(2,17)9-4-5-18-7-9/h4-7,17H,3,8H2,1-2H3,(H,15,16). The molecule has 0 radical (unpaired) electrons. The molecule has 0 aliphatic rings. The van der Waals surface area contributed by atoms with Crippen LogP contribution in [0.4, 0.5) is 0 Å². The van der Waals surface area contributed by atoms with Gasteiger partial charge in [0.05, 0.1) is 17.7 Å². The Balaban J connectivity index is 1.97. The molecule has 0 spiro atoms. The lowest BCUT2D eigenvalue weighted by molar-refractivity contribution is 0.0531. The van der Waals surface area contributed by atoms with Crippen LogP contribution >= 0.6 is 22.7 Å². The molecule has 0 bridgehead atoms. The SMILES string of the molecule is CCc1ncc(C(=O)NCC(C)(O)c2ccsc2)s1. The number of nitrogens with zero attached hydrogens (tertiary/aromatic N) is 1. The van der Waals surface area contributed by atoms with Crippen molar-refractivity contribution in [3.8, 4) is 0 Å². The van der Waals surface area contributed by atoms with Crippen LogP contribution in [0, 0.1) is 0 Å². The Labute approximate surface area is 120 Å². The molecule has 1 unspecified atom stereocenters. The third kappa shape index (κ3) is 3.40. The van der Waals surface area contributed by atoms with Crippen LogP contribution in [0.25, 0.3) is 0 Å². The highest BCUT2D eigenvalue weighted by atomic mass is 32.1. The molecule has 0 fully saturated rings. The van der Waals surface area contributed by atoms with Crippen LogP contribution in [0.15, 0.2) is 23.0 Å². The van der Waals surface area contributed by atoms with E-state index in [1.54, 1.807) is 13.1 Å². The minimum absolute atomic E-state index is 0.182. The van der Waals surface area contributed by atoms with E-state index in [0.717, 1.165) is 17.0 Å². The van der Waals surface area contributed by atoms with Crippen LogP contribution < -0.4 is 5.32 Å². The Kier molecular flexibility index (Phi) is 4.34. The lowest BCUT2D eigenvalue weighted by atomic mass is 9.99. The molecule has 2 rings (SSSR count). The molecule has 102 valence electrons. The summed E-state index contributed by atoms with van der Waals surface area (Å²) in [6.07, 6.45) is 2.41. The van der Waals surface area contributed by atoms with Gasteiger partial charge in [-0.2, -0.15) is 11.3 Å². The van der Waals surface area contributed by atoms with Gasteiger partial charge in [0.15, 0.2) is 0 Å². The van der Waals surface area contributed by atoms with Crippen LogP contribution in [-0.4, -0.2) is 22.5 Å². The molecule has 2 aromatic rings. The number of hydrogen-bond donors (Lipinski definition) is 2. The maximum absolute atomic E-state index is 11.9. The van der Waals surface area contributed by atoms with Crippen molar-refractivity contribution in [1.82, 2.24) is 10.3 Å². The molecule has 6 heteroatoms. The second kappa shape index (κ2) is 5.81. The number of aromatic nitrogens is 1. The van der Waals surface area contributed by atoms with E-state index in [9.17, 15) is 9.90 Å². The van der Waals surface area contributed by atoms with Gasteiger partial charge in [0.2, 0.25) is 0 Å². The Morgan fingerprint density at radius 3 is 2.95 bits per heavy atom. The maximum atomic E-state index is 11.9. The predicted octanol–water partition coefficient (Wildman–Crippen LogP) is 2.40. The zero-order valence-electron chi connectivity index (χ0n) is 10.8. The Morgan fingerprint density at radius 1 is 1.58 bits per heavy atom. The number of aryl methyl sites for hydroxylation is 1. The lowest BCUT2D eigenvalue weighted by Gasteiger charge is -2.22. The highest BCUT2D eigenvalue weighted by Gasteiger charge is 2.24. The second-order valence-corrected chi connectivity index (χ2v) is 6.34. The summed E-state index contributed by atoms with van der Waals surface area (Å²) in [5.74, 6) is -0.187. The molecule has 0 saturated heterocycles. The van der Waals surface area contributed by atoms with Gasteiger partial charge in [-0.25, -0.2) is 4.98 Å². The molecule has 1 atom stereocenters. The zero-order valence-corrected chi connectivity index (χ0v) is 12.5. The van der Waals surface area contributed by atoms with Gasteiger partial charge in [0.25, 0.3) is 5.91 Å². The van der Waals surface area contributed by atoms with E-state index in [1.165, 1.54) is 22.7 Å². The van der Waals surface area contributed by atoms with Gasteiger partial charge in [-0.1, -0.05) is 6.92 Å². The number of thiophene rings is 1. The summed E-state index contributed by atoms with van der Waals surface area (Å²) in [4.78, 5) is 16.7. The first-order valence-electron chi connectivity index (χ1n) is 6.01. The van der Waals surface area contributed by atoms with Crippen molar-refractivity contribution in [2.45, 2.75) is 25.9 Å². The van der Waals surface area contributed by atoms with Crippen LogP contribution in [0.2, 0.25) is 0 Å². The first-order valence-corrected chi connectivity index (χ1v) is 7.77. The Hall–Kier alpha value is -1.24. The maximum Gasteiger partial charge on any atom is 0.263 e. The summed E-state index contributed by atoms with van der Waals surface area (Å²) in [7, 11) is 0. The highest BCUT2D eigenvalue weighted by molar-refractivity contribution is 7.13. The van der Waals surface area contributed by atoms with E-state index in [4.69, 9.17) is 0 Å². The second-order valence-electron chi connectivity index (χ2n) is 4.44. The van der Waals surface area contributed by atoms with Gasteiger partial charge < -0.3 is 10.4 Å². The molecule has 0 aliphatic carbocycles. The molecule has 2 N–H and O–H groups in total. The zero-order chi connectivity index (χ0) is 13.9. The molecule has 4 nitrogen and oxygen atoms in total. The first-order chi connectivity index (χ1) is 9.03. The summed E-state index contributed by atoms with van der Waals surface area (Å²) in [6, 6.07) is 1.86. The minimum Gasteiger partial charge on any atom is -0.384 e. The molecule has 0 aromatic carbocycles. The molecule has 1 amide bonds. The van der Waals surface area contributed by atoms with E-state index >= 15 is 0 Å². The smallest absolute Gasteiger partial charge is 0.263 e. The van der Waals surface area contributed by atoms with Gasteiger partial charge in [-0.05, 0) is 35.7 Å². The summed E-state index contributed by atoms with van der Waals surface area (Å²) in [5, 5.41) is 17.8. The van der Waals surface area contributed by atoms with Gasteiger partial charge >= 0.3 is 0 Å². The molecular weight excluding hydrogens is 280 g/mol. The topological polar surface area (TPSA) is 62.2 Å². The summed E-state index contributed by atoms with van der Waals surface area (Å²) < 4.78 is 0. The van der Waals surface area contributed by atoms with Crippen LogP contribution in [0.1, 0.15) is 34.1 Å². The fourth-order valence-corrected chi connectivity index (χ4v) is 3.15. The van der Waals surface area contributed by atoms with Crippen molar-refractivity contribution in [2.75, 3.05) is 6.54 Å². The largest absolute Gasteiger partial charge is 0.384 e. The minimum atomic E-state index is -1.05. The van der Waals surface area contributed by atoms with Gasteiger partial charge in [-0.3, -0.25) is 4.79 Å². The fraction of sp³-hybridized carbons (Fsp3) is 0.385. The predicted molar refractivity (Wildman–Crippen MR) is 77.7 cm³/mol. The summed E-state index contributed by atoms with van der Waals surface area (Å²) in [6.45, 7) is 3.88. The highest BCUT2D eigenvalue weighted by Crippen LogP contribution is 2.22. The van der Waals surface area contributed by atoms with E-state index in [2.05, 4.69) is 10.3 Å². The number of carbonyl (C=O) groups is 1. The number of aliphatic hydroxyl groups is 1. The molecular formula is C13H16N2O2S2. The van der Waals surface area contributed by atoms with E-state index in [0.29, 0.717) is 4.88 Å². The quantitative estimate of drug-likeness (QED) is 0.890. The first kappa shape index (κ1) is 14.2. The van der Waals surface area contributed by atoms with Crippen molar-refractivity contribution in [2.24, 2.45) is 0 Å². The fourth-order valence-electron chi connectivity index (χ4n) is 1.59.